The summed E-state index contributed by atoms with van der Waals surface area (Å²) in [6.07, 6.45) is 0.925. The highest BCUT2D eigenvalue weighted by molar-refractivity contribution is 5.75. The van der Waals surface area contributed by atoms with Gasteiger partial charge in [-0.25, -0.2) is 4.79 Å². The van der Waals surface area contributed by atoms with Gasteiger partial charge >= 0.3 is 6.03 Å². The second kappa shape index (κ2) is 7.48. The molecule has 3 heteroatoms. The smallest absolute Gasteiger partial charge is 0.315 e. The van der Waals surface area contributed by atoms with Gasteiger partial charge in [0, 0.05) is 6.54 Å². The fourth-order valence-electron chi connectivity index (χ4n) is 2.18. The normalized spacial score (nSPS) is 11.7. The number of benzene rings is 2. The number of amides is 2. The second-order valence-corrected chi connectivity index (χ2v) is 5.15. The molecule has 0 spiro atoms. The van der Waals surface area contributed by atoms with Gasteiger partial charge in [-0.2, -0.15) is 0 Å². The molecule has 0 radical (unpaired) electrons. The first-order chi connectivity index (χ1) is 10.2. The quantitative estimate of drug-likeness (QED) is 0.860. The van der Waals surface area contributed by atoms with E-state index in [0.717, 1.165) is 17.5 Å². The maximum atomic E-state index is 12.0. The zero-order chi connectivity index (χ0) is 15.1. The Balaban J connectivity index is 2.22. The second-order valence-electron chi connectivity index (χ2n) is 5.15. The molecular weight excluding hydrogens is 260 g/mol. The minimum atomic E-state index is -0.136. The van der Waals surface area contributed by atoms with E-state index in [2.05, 4.69) is 41.8 Å². The third kappa shape index (κ3) is 4.35. The summed E-state index contributed by atoms with van der Waals surface area (Å²) in [5.41, 5.74) is 3.37. The molecule has 0 aliphatic carbocycles. The molecule has 3 nitrogen and oxygen atoms in total. The van der Waals surface area contributed by atoms with Gasteiger partial charge in [0.25, 0.3) is 0 Å². The van der Waals surface area contributed by atoms with Crippen molar-refractivity contribution in [2.24, 2.45) is 0 Å². The lowest BCUT2D eigenvalue weighted by Crippen LogP contribution is -2.38. The van der Waals surface area contributed by atoms with E-state index < -0.39 is 0 Å². The Bertz CT molecular complexity index is 564. The van der Waals surface area contributed by atoms with E-state index in [1.807, 2.05) is 37.3 Å². The van der Waals surface area contributed by atoms with Crippen LogP contribution in [0, 0.1) is 6.92 Å². The van der Waals surface area contributed by atoms with E-state index in [4.69, 9.17) is 0 Å². The van der Waals surface area contributed by atoms with Gasteiger partial charge in [0.1, 0.15) is 0 Å². The average molecular weight is 282 g/mol. The lowest BCUT2D eigenvalue weighted by Gasteiger charge is -2.20. The van der Waals surface area contributed by atoms with E-state index in [1.54, 1.807) is 0 Å². The molecule has 0 fully saturated rings. The molecule has 0 bridgehead atoms. The van der Waals surface area contributed by atoms with Crippen molar-refractivity contribution in [1.82, 2.24) is 10.6 Å². The third-order valence-electron chi connectivity index (χ3n) is 3.35. The van der Waals surface area contributed by atoms with Gasteiger partial charge in [-0.15, -0.1) is 0 Å². The van der Waals surface area contributed by atoms with E-state index >= 15 is 0 Å². The minimum Gasteiger partial charge on any atom is -0.338 e. The molecule has 2 rings (SSSR count). The fraction of sp³-hybridized carbons (Fsp3) is 0.278. The summed E-state index contributed by atoms with van der Waals surface area (Å²) in [6, 6.07) is 18.0. The van der Waals surface area contributed by atoms with Gasteiger partial charge in [0.05, 0.1) is 6.04 Å². The average Bonchev–Trinajstić information content (AvgIpc) is 2.52. The van der Waals surface area contributed by atoms with Crippen LogP contribution in [0.15, 0.2) is 54.6 Å². The van der Waals surface area contributed by atoms with E-state index in [-0.39, 0.29) is 12.1 Å². The monoisotopic (exact) mass is 282 g/mol. The van der Waals surface area contributed by atoms with Crippen LogP contribution in [-0.2, 0) is 0 Å². The van der Waals surface area contributed by atoms with Gasteiger partial charge in [-0.3, -0.25) is 0 Å². The van der Waals surface area contributed by atoms with Crippen molar-refractivity contribution in [3.05, 3.63) is 71.3 Å². The summed E-state index contributed by atoms with van der Waals surface area (Å²) in [4.78, 5) is 12.0. The van der Waals surface area contributed by atoms with Crippen LogP contribution in [0.5, 0.6) is 0 Å². The number of carbonyl (C=O) groups is 1. The molecule has 2 amide bonds. The number of carbonyl (C=O) groups excluding carboxylic acids is 1. The van der Waals surface area contributed by atoms with Crippen molar-refractivity contribution in [2.75, 3.05) is 6.54 Å². The van der Waals surface area contributed by atoms with E-state index in [1.165, 1.54) is 5.56 Å². The Labute approximate surface area is 126 Å². The summed E-state index contributed by atoms with van der Waals surface area (Å²) in [5, 5.41) is 5.92. The van der Waals surface area contributed by atoms with Crippen molar-refractivity contribution in [1.29, 1.82) is 0 Å². The molecule has 0 saturated carbocycles. The topological polar surface area (TPSA) is 41.1 Å². The van der Waals surface area contributed by atoms with E-state index in [9.17, 15) is 4.79 Å². The predicted octanol–water partition coefficient (Wildman–Crippen LogP) is 3.79. The van der Waals surface area contributed by atoms with Crippen LogP contribution in [0.3, 0.4) is 0 Å². The molecule has 1 atom stereocenters. The molecule has 0 saturated heterocycles. The van der Waals surface area contributed by atoms with Gasteiger partial charge < -0.3 is 10.6 Å². The molecule has 110 valence electrons. The summed E-state index contributed by atoms with van der Waals surface area (Å²) >= 11 is 0. The molecule has 0 aromatic heterocycles. The summed E-state index contributed by atoms with van der Waals surface area (Å²) < 4.78 is 0. The van der Waals surface area contributed by atoms with Crippen LogP contribution >= 0.6 is 0 Å². The number of nitrogens with one attached hydrogen (secondary N) is 2. The maximum absolute atomic E-state index is 12.0. The zero-order valence-corrected chi connectivity index (χ0v) is 12.6. The summed E-state index contributed by atoms with van der Waals surface area (Å²) in [5.74, 6) is 0. The number of aryl methyl sites for hydroxylation is 1. The van der Waals surface area contributed by atoms with Crippen molar-refractivity contribution in [3.63, 3.8) is 0 Å². The van der Waals surface area contributed by atoms with Crippen LogP contribution in [0.4, 0.5) is 4.79 Å². The Kier molecular flexibility index (Phi) is 5.38. The molecule has 0 unspecified atom stereocenters. The summed E-state index contributed by atoms with van der Waals surface area (Å²) in [7, 11) is 0. The molecular formula is C18H22N2O. The molecule has 0 aliphatic heterocycles. The number of hydrogen-bond acceptors (Lipinski definition) is 1. The standard InChI is InChI=1S/C18H22N2O/c1-3-13-19-18(21)20-17(15-7-5-4-6-8-15)16-11-9-14(2)10-12-16/h4-12,17H,3,13H2,1-2H3,(H2,19,20,21)/t17-/m1/s1. The Hall–Kier alpha value is -2.29. The summed E-state index contributed by atoms with van der Waals surface area (Å²) in [6.45, 7) is 4.78. The molecule has 2 aromatic carbocycles. The van der Waals surface area contributed by atoms with Gasteiger partial charge in [0.15, 0.2) is 0 Å². The number of rotatable bonds is 5. The van der Waals surface area contributed by atoms with Crippen LogP contribution in [0.1, 0.15) is 36.1 Å². The highest BCUT2D eigenvalue weighted by Crippen LogP contribution is 2.22. The third-order valence-corrected chi connectivity index (χ3v) is 3.35. The van der Waals surface area contributed by atoms with Crippen LogP contribution in [0.25, 0.3) is 0 Å². The largest absolute Gasteiger partial charge is 0.338 e. The van der Waals surface area contributed by atoms with Gasteiger partial charge in [0.2, 0.25) is 0 Å². The van der Waals surface area contributed by atoms with E-state index in [0.29, 0.717) is 6.54 Å². The number of urea groups is 1. The van der Waals surface area contributed by atoms with Crippen LogP contribution in [0.2, 0.25) is 0 Å². The first-order valence-corrected chi connectivity index (χ1v) is 7.36. The van der Waals surface area contributed by atoms with Crippen molar-refractivity contribution < 1.29 is 4.79 Å². The Morgan fingerprint density at radius 1 is 1.00 bits per heavy atom. The molecule has 2 aromatic rings. The first-order valence-electron chi connectivity index (χ1n) is 7.36. The van der Waals surface area contributed by atoms with Gasteiger partial charge in [-0.1, -0.05) is 67.1 Å². The maximum Gasteiger partial charge on any atom is 0.315 e. The van der Waals surface area contributed by atoms with Crippen LogP contribution in [-0.4, -0.2) is 12.6 Å². The first kappa shape index (κ1) is 15.1. The molecule has 0 heterocycles. The van der Waals surface area contributed by atoms with Crippen molar-refractivity contribution in [3.8, 4) is 0 Å². The highest BCUT2D eigenvalue weighted by atomic mass is 16.2. The minimum absolute atomic E-state index is 0.133. The van der Waals surface area contributed by atoms with Crippen LogP contribution < -0.4 is 10.6 Å². The zero-order valence-electron chi connectivity index (χ0n) is 12.6. The Morgan fingerprint density at radius 3 is 2.24 bits per heavy atom. The van der Waals surface area contributed by atoms with Crippen molar-refractivity contribution >= 4 is 6.03 Å². The molecule has 2 N–H and O–H groups in total. The lowest BCUT2D eigenvalue weighted by molar-refractivity contribution is 0.238. The van der Waals surface area contributed by atoms with Crippen molar-refractivity contribution in [2.45, 2.75) is 26.3 Å². The Morgan fingerprint density at radius 2 is 1.62 bits per heavy atom. The fourth-order valence-corrected chi connectivity index (χ4v) is 2.18. The predicted molar refractivity (Wildman–Crippen MR) is 86.3 cm³/mol. The number of hydrogen-bond donors (Lipinski definition) is 2. The SMILES string of the molecule is CCCNC(=O)N[C@H](c1ccccc1)c1ccc(C)cc1. The van der Waals surface area contributed by atoms with Gasteiger partial charge in [-0.05, 0) is 24.5 Å². The molecule has 0 aliphatic rings. The highest BCUT2D eigenvalue weighted by Gasteiger charge is 2.16. The lowest BCUT2D eigenvalue weighted by atomic mass is 9.98. The molecule has 21 heavy (non-hydrogen) atoms.